The molecule has 0 fully saturated rings. The zero-order valence-electron chi connectivity index (χ0n) is 10.1. The summed E-state index contributed by atoms with van der Waals surface area (Å²) in [6.07, 6.45) is -0.331. The second kappa shape index (κ2) is 4.18. The molecule has 1 aliphatic rings. The fourth-order valence-electron chi connectivity index (χ4n) is 1.59. The first-order valence-electron chi connectivity index (χ1n) is 5.42. The number of amides is 1. The van der Waals surface area contributed by atoms with Crippen molar-refractivity contribution in [2.75, 3.05) is 6.54 Å². The Morgan fingerprint density at radius 1 is 1.41 bits per heavy atom. The third-order valence-electron chi connectivity index (χ3n) is 2.29. The Morgan fingerprint density at radius 2 is 2.12 bits per heavy atom. The highest BCUT2D eigenvalue weighted by Gasteiger charge is 2.27. The van der Waals surface area contributed by atoms with E-state index in [2.05, 4.69) is 10.1 Å². The molecule has 17 heavy (non-hydrogen) atoms. The summed E-state index contributed by atoms with van der Waals surface area (Å²) in [5.41, 5.74) is -0.486. The largest absolute Gasteiger partial charge is 0.444 e. The second-order valence-electron chi connectivity index (χ2n) is 4.92. The Morgan fingerprint density at radius 3 is 2.76 bits per heavy atom. The topological polar surface area (TPSA) is 60.2 Å². The predicted molar refractivity (Wildman–Crippen MR) is 61.7 cm³/mol. The van der Waals surface area contributed by atoms with Gasteiger partial charge < -0.3 is 4.74 Å². The lowest BCUT2D eigenvalue weighted by Crippen LogP contribution is -2.41. The Kier molecular flexibility index (Phi) is 2.99. The van der Waals surface area contributed by atoms with Crippen LogP contribution in [-0.2, 0) is 17.8 Å². The van der Waals surface area contributed by atoms with Gasteiger partial charge in [-0.05, 0) is 32.4 Å². The van der Waals surface area contributed by atoms with Crippen molar-refractivity contribution in [3.8, 4) is 0 Å². The first-order valence-corrected chi connectivity index (χ1v) is 5.80. The Balaban J connectivity index is 2.05. The number of carbonyl (C=O) groups is 1. The highest BCUT2D eigenvalue weighted by Crippen LogP contribution is 2.16. The molecule has 94 valence electrons. The first-order chi connectivity index (χ1) is 7.85. The lowest BCUT2D eigenvalue weighted by Gasteiger charge is -2.29. The molecule has 0 saturated carbocycles. The quantitative estimate of drug-likeness (QED) is 0.710. The SMILES string of the molecule is CC(C)(C)OC(=O)N1CCn2nc(Cl)nc2C1. The molecule has 2 rings (SSSR count). The van der Waals surface area contributed by atoms with E-state index in [4.69, 9.17) is 16.3 Å². The van der Waals surface area contributed by atoms with Gasteiger partial charge in [-0.2, -0.15) is 4.98 Å². The molecule has 7 heteroatoms. The van der Waals surface area contributed by atoms with E-state index in [1.807, 2.05) is 20.8 Å². The minimum atomic E-state index is -0.486. The molecular formula is C10H15ClN4O2. The van der Waals surface area contributed by atoms with Gasteiger partial charge in [-0.15, -0.1) is 5.10 Å². The monoisotopic (exact) mass is 258 g/mol. The van der Waals surface area contributed by atoms with E-state index < -0.39 is 5.60 Å². The lowest BCUT2D eigenvalue weighted by molar-refractivity contribution is 0.0190. The fourth-order valence-corrected chi connectivity index (χ4v) is 1.78. The van der Waals surface area contributed by atoms with Gasteiger partial charge in [0.2, 0.25) is 5.28 Å². The summed E-state index contributed by atoms with van der Waals surface area (Å²) in [6, 6.07) is 0. The van der Waals surface area contributed by atoms with E-state index in [0.29, 0.717) is 25.5 Å². The van der Waals surface area contributed by atoms with Crippen LogP contribution in [0.15, 0.2) is 0 Å². The zero-order chi connectivity index (χ0) is 12.6. The molecule has 1 aliphatic heterocycles. The van der Waals surface area contributed by atoms with Gasteiger partial charge >= 0.3 is 6.09 Å². The van der Waals surface area contributed by atoms with Crippen molar-refractivity contribution in [1.29, 1.82) is 0 Å². The van der Waals surface area contributed by atoms with Crippen LogP contribution in [0.5, 0.6) is 0 Å². The molecule has 0 bridgehead atoms. The van der Waals surface area contributed by atoms with Crippen LogP contribution in [0.25, 0.3) is 0 Å². The predicted octanol–water partition coefficient (Wildman–Crippen LogP) is 1.68. The van der Waals surface area contributed by atoms with Gasteiger partial charge in [0.15, 0.2) is 0 Å². The van der Waals surface area contributed by atoms with Crippen molar-refractivity contribution < 1.29 is 9.53 Å². The molecule has 1 aromatic rings. The van der Waals surface area contributed by atoms with Crippen molar-refractivity contribution in [2.24, 2.45) is 0 Å². The molecule has 0 aromatic carbocycles. The van der Waals surface area contributed by atoms with Gasteiger partial charge in [0.25, 0.3) is 0 Å². The maximum absolute atomic E-state index is 11.8. The van der Waals surface area contributed by atoms with E-state index in [0.717, 1.165) is 0 Å². The summed E-state index contributed by atoms with van der Waals surface area (Å²) in [6.45, 7) is 7.06. The average Bonchev–Trinajstić information content (AvgIpc) is 2.53. The summed E-state index contributed by atoms with van der Waals surface area (Å²) >= 11 is 5.71. The molecule has 0 atom stereocenters. The van der Waals surface area contributed by atoms with E-state index in [1.165, 1.54) is 0 Å². The summed E-state index contributed by atoms with van der Waals surface area (Å²) in [4.78, 5) is 17.5. The van der Waals surface area contributed by atoms with E-state index in [1.54, 1.807) is 9.58 Å². The number of nitrogens with zero attached hydrogens (tertiary/aromatic N) is 4. The smallest absolute Gasteiger partial charge is 0.410 e. The van der Waals surface area contributed by atoms with Crippen LogP contribution in [0.4, 0.5) is 4.79 Å². The van der Waals surface area contributed by atoms with Crippen molar-refractivity contribution in [3.05, 3.63) is 11.1 Å². The third-order valence-corrected chi connectivity index (χ3v) is 2.45. The Hall–Kier alpha value is -1.30. The number of hydrogen-bond donors (Lipinski definition) is 0. The molecule has 0 spiro atoms. The Labute approximate surface area is 105 Å². The van der Waals surface area contributed by atoms with Crippen LogP contribution >= 0.6 is 11.6 Å². The standard InChI is InChI=1S/C10H15ClN4O2/c1-10(2,3)17-9(16)14-4-5-15-7(6-14)12-8(11)13-15/h4-6H2,1-3H3. The molecule has 1 aromatic heterocycles. The number of carbonyl (C=O) groups excluding carboxylic acids is 1. The summed E-state index contributed by atoms with van der Waals surface area (Å²) in [5, 5.41) is 4.23. The van der Waals surface area contributed by atoms with E-state index >= 15 is 0 Å². The van der Waals surface area contributed by atoms with Crippen molar-refractivity contribution in [1.82, 2.24) is 19.7 Å². The summed E-state index contributed by atoms with van der Waals surface area (Å²) in [5.74, 6) is 0.687. The minimum Gasteiger partial charge on any atom is -0.444 e. The Bertz CT molecular complexity index is 438. The fraction of sp³-hybridized carbons (Fsp3) is 0.700. The van der Waals surface area contributed by atoms with Gasteiger partial charge in [0, 0.05) is 6.54 Å². The maximum Gasteiger partial charge on any atom is 0.410 e. The van der Waals surface area contributed by atoms with E-state index in [-0.39, 0.29) is 11.4 Å². The number of halogens is 1. The maximum atomic E-state index is 11.8. The lowest BCUT2D eigenvalue weighted by atomic mass is 10.2. The van der Waals surface area contributed by atoms with Gasteiger partial charge in [-0.3, -0.25) is 4.90 Å². The van der Waals surface area contributed by atoms with Gasteiger partial charge in [-0.1, -0.05) is 0 Å². The third kappa shape index (κ3) is 2.88. The van der Waals surface area contributed by atoms with Crippen molar-refractivity contribution >= 4 is 17.7 Å². The van der Waals surface area contributed by atoms with Crippen LogP contribution in [-0.4, -0.2) is 37.9 Å². The molecule has 0 saturated heterocycles. The highest BCUT2D eigenvalue weighted by atomic mass is 35.5. The summed E-state index contributed by atoms with van der Waals surface area (Å²) < 4.78 is 7.01. The van der Waals surface area contributed by atoms with Crippen LogP contribution in [0.3, 0.4) is 0 Å². The van der Waals surface area contributed by atoms with Crippen molar-refractivity contribution in [2.45, 2.75) is 39.5 Å². The number of hydrogen-bond acceptors (Lipinski definition) is 4. The van der Waals surface area contributed by atoms with Gasteiger partial charge in [0.1, 0.15) is 11.4 Å². The molecule has 6 nitrogen and oxygen atoms in total. The van der Waals surface area contributed by atoms with Crippen LogP contribution in [0.2, 0.25) is 5.28 Å². The van der Waals surface area contributed by atoms with Crippen LogP contribution in [0.1, 0.15) is 26.6 Å². The van der Waals surface area contributed by atoms with Gasteiger partial charge in [-0.25, -0.2) is 9.48 Å². The van der Waals surface area contributed by atoms with Crippen LogP contribution < -0.4 is 0 Å². The average molecular weight is 259 g/mol. The molecule has 0 N–H and O–H groups in total. The first kappa shape index (κ1) is 12.2. The number of ether oxygens (including phenoxy) is 1. The van der Waals surface area contributed by atoms with E-state index in [9.17, 15) is 4.79 Å². The molecule has 0 radical (unpaired) electrons. The number of rotatable bonds is 0. The summed E-state index contributed by atoms with van der Waals surface area (Å²) in [7, 11) is 0. The normalized spacial score (nSPS) is 15.6. The molecule has 1 amide bonds. The van der Waals surface area contributed by atoms with Gasteiger partial charge in [0.05, 0.1) is 13.1 Å². The minimum absolute atomic E-state index is 0.214. The van der Waals surface area contributed by atoms with Crippen LogP contribution in [0, 0.1) is 0 Å². The molecule has 2 heterocycles. The zero-order valence-corrected chi connectivity index (χ0v) is 10.9. The second-order valence-corrected chi connectivity index (χ2v) is 5.26. The number of aromatic nitrogens is 3. The molecule has 0 aliphatic carbocycles. The molecule has 0 unspecified atom stereocenters. The highest BCUT2D eigenvalue weighted by molar-refractivity contribution is 6.28. The molecular weight excluding hydrogens is 244 g/mol. The van der Waals surface area contributed by atoms with Crippen molar-refractivity contribution in [3.63, 3.8) is 0 Å². The number of fused-ring (bicyclic) bond motifs is 1.